The van der Waals surface area contributed by atoms with Gasteiger partial charge in [0, 0.05) is 0 Å². The minimum atomic E-state index is -0.928. The van der Waals surface area contributed by atoms with Crippen molar-refractivity contribution in [1.82, 2.24) is 0 Å². The van der Waals surface area contributed by atoms with Gasteiger partial charge in [0.1, 0.15) is 0 Å². The molecule has 0 spiro atoms. The van der Waals surface area contributed by atoms with Crippen LogP contribution in [0.3, 0.4) is 0 Å². The molecule has 0 saturated heterocycles. The second-order valence-electron chi connectivity index (χ2n) is 3.56. The van der Waals surface area contributed by atoms with E-state index in [0.29, 0.717) is 21.6 Å². The number of hydrogen-bond acceptors (Lipinski definition) is 5. The van der Waals surface area contributed by atoms with Gasteiger partial charge >= 0.3 is 10.9 Å². The van der Waals surface area contributed by atoms with E-state index in [9.17, 15) is 9.59 Å². The minimum absolute atomic E-state index is 0.365. The van der Waals surface area contributed by atoms with Crippen LogP contribution >= 0.6 is 11.3 Å². The molecule has 1 unspecified atom stereocenters. The summed E-state index contributed by atoms with van der Waals surface area (Å²) >= 11 is 0.930. The Bertz CT molecular complexity index is 624. The maximum absolute atomic E-state index is 11.2. The average Bonchev–Trinajstić information content (AvgIpc) is 2.66. The number of carbonyl (C=O) groups is 1. The molecule has 17 heavy (non-hydrogen) atoms. The van der Waals surface area contributed by atoms with E-state index in [1.165, 1.54) is 7.11 Å². The van der Waals surface area contributed by atoms with Crippen LogP contribution in [-0.4, -0.2) is 18.2 Å². The molecule has 0 amide bonds. The number of carboxylic acid groups (broad SMARTS) is 1. The third kappa shape index (κ3) is 2.03. The van der Waals surface area contributed by atoms with E-state index >= 15 is 0 Å². The van der Waals surface area contributed by atoms with Gasteiger partial charge in [0.2, 0.25) is 0 Å². The van der Waals surface area contributed by atoms with Crippen molar-refractivity contribution in [2.45, 2.75) is 12.8 Å². The van der Waals surface area contributed by atoms with Gasteiger partial charge in [0.05, 0.1) is 17.7 Å². The molecule has 1 heterocycles. The Labute approximate surface area is 100 Å². The molecule has 1 atom stereocenters. The second-order valence-corrected chi connectivity index (χ2v) is 4.54. The molecule has 2 rings (SSSR count). The standard InChI is InChI=1S/C11H10O5S/c1-5(10(12)13)6-3-7(15-2)9-8(4-6)17-11(14)16-9/h3-5H,1-2H3,(H,12,13). The predicted octanol–water partition coefficient (Wildman–Crippen LogP) is 2.05. The van der Waals surface area contributed by atoms with Crippen LogP contribution in [0.15, 0.2) is 21.3 Å². The van der Waals surface area contributed by atoms with Gasteiger partial charge in [-0.2, -0.15) is 0 Å². The van der Waals surface area contributed by atoms with Crippen LogP contribution in [-0.2, 0) is 4.79 Å². The van der Waals surface area contributed by atoms with E-state index in [0.717, 1.165) is 11.3 Å². The van der Waals surface area contributed by atoms with Crippen LogP contribution < -0.4 is 9.68 Å². The highest BCUT2D eigenvalue weighted by Crippen LogP contribution is 2.32. The summed E-state index contributed by atoms with van der Waals surface area (Å²) in [4.78, 5) is 21.6. The number of aliphatic carboxylic acids is 1. The Balaban J connectivity index is 2.67. The Hall–Kier alpha value is -1.82. The Morgan fingerprint density at radius 1 is 1.53 bits per heavy atom. The molecule has 2 aromatic rings. The van der Waals surface area contributed by atoms with Crippen molar-refractivity contribution in [2.24, 2.45) is 0 Å². The average molecular weight is 254 g/mol. The smallest absolute Gasteiger partial charge is 0.396 e. The van der Waals surface area contributed by atoms with E-state index in [-0.39, 0.29) is 0 Å². The minimum Gasteiger partial charge on any atom is -0.493 e. The van der Waals surface area contributed by atoms with E-state index in [1.807, 2.05) is 0 Å². The molecule has 0 fully saturated rings. The van der Waals surface area contributed by atoms with Crippen LogP contribution in [0.1, 0.15) is 18.4 Å². The number of methoxy groups -OCH3 is 1. The highest BCUT2D eigenvalue weighted by atomic mass is 32.1. The summed E-state index contributed by atoms with van der Waals surface area (Å²) in [6.45, 7) is 1.58. The van der Waals surface area contributed by atoms with Crippen molar-refractivity contribution in [3.8, 4) is 5.75 Å². The van der Waals surface area contributed by atoms with Crippen LogP contribution in [0, 0.1) is 0 Å². The van der Waals surface area contributed by atoms with Gasteiger partial charge in [0.25, 0.3) is 0 Å². The maximum atomic E-state index is 11.2. The number of benzene rings is 1. The lowest BCUT2D eigenvalue weighted by molar-refractivity contribution is -0.138. The first-order valence-corrected chi connectivity index (χ1v) is 5.69. The van der Waals surface area contributed by atoms with Gasteiger partial charge < -0.3 is 14.3 Å². The number of rotatable bonds is 3. The van der Waals surface area contributed by atoms with Gasteiger partial charge in [-0.25, -0.2) is 4.79 Å². The SMILES string of the molecule is COc1cc(C(C)C(=O)O)cc2sc(=O)oc12. The Kier molecular flexibility index (Phi) is 2.89. The lowest BCUT2D eigenvalue weighted by Crippen LogP contribution is -2.07. The number of ether oxygens (including phenoxy) is 1. The normalized spacial score (nSPS) is 12.6. The molecule has 0 aliphatic carbocycles. The van der Waals surface area contributed by atoms with Gasteiger partial charge in [-0.3, -0.25) is 4.79 Å². The van der Waals surface area contributed by atoms with E-state index < -0.39 is 16.8 Å². The molecule has 0 aliphatic rings. The summed E-state index contributed by atoms with van der Waals surface area (Å²) in [6.07, 6.45) is 0. The molecule has 1 N–H and O–H groups in total. The quantitative estimate of drug-likeness (QED) is 0.907. The summed E-state index contributed by atoms with van der Waals surface area (Å²) in [6, 6.07) is 3.23. The summed E-state index contributed by atoms with van der Waals surface area (Å²) in [5.41, 5.74) is 0.947. The highest BCUT2D eigenvalue weighted by Gasteiger charge is 2.18. The highest BCUT2D eigenvalue weighted by molar-refractivity contribution is 7.16. The van der Waals surface area contributed by atoms with Crippen molar-refractivity contribution in [1.29, 1.82) is 0 Å². The molecule has 1 aromatic carbocycles. The predicted molar refractivity (Wildman–Crippen MR) is 63.0 cm³/mol. The lowest BCUT2D eigenvalue weighted by Gasteiger charge is -2.08. The van der Waals surface area contributed by atoms with Crippen LogP contribution in [0.4, 0.5) is 0 Å². The Morgan fingerprint density at radius 2 is 2.24 bits per heavy atom. The second kappa shape index (κ2) is 4.21. The summed E-state index contributed by atoms with van der Waals surface area (Å²) in [5.74, 6) is -1.21. The Morgan fingerprint density at radius 3 is 2.82 bits per heavy atom. The van der Waals surface area contributed by atoms with Crippen LogP contribution in [0.2, 0.25) is 0 Å². The summed E-state index contributed by atoms with van der Waals surface area (Å²) < 4.78 is 10.7. The van der Waals surface area contributed by atoms with E-state index in [1.54, 1.807) is 19.1 Å². The van der Waals surface area contributed by atoms with Crippen LogP contribution in [0.5, 0.6) is 5.75 Å². The maximum Gasteiger partial charge on any atom is 0.396 e. The fraction of sp³-hybridized carbons (Fsp3) is 0.273. The molecule has 5 nitrogen and oxygen atoms in total. The van der Waals surface area contributed by atoms with Gasteiger partial charge in [0.15, 0.2) is 11.3 Å². The molecule has 0 saturated carbocycles. The van der Waals surface area contributed by atoms with Gasteiger partial charge in [-0.05, 0) is 24.6 Å². The zero-order valence-corrected chi connectivity index (χ0v) is 10.0. The van der Waals surface area contributed by atoms with Gasteiger partial charge in [-0.1, -0.05) is 11.3 Å². The third-order valence-electron chi connectivity index (χ3n) is 2.51. The van der Waals surface area contributed by atoms with Crippen molar-refractivity contribution in [3.05, 3.63) is 27.4 Å². The van der Waals surface area contributed by atoms with E-state index in [4.69, 9.17) is 14.3 Å². The lowest BCUT2D eigenvalue weighted by atomic mass is 10.0. The number of hydrogen-bond donors (Lipinski definition) is 1. The molecule has 0 bridgehead atoms. The number of fused-ring (bicyclic) bond motifs is 1. The first-order valence-electron chi connectivity index (χ1n) is 4.87. The van der Waals surface area contributed by atoms with Crippen molar-refractivity contribution in [3.63, 3.8) is 0 Å². The third-order valence-corrected chi connectivity index (χ3v) is 3.29. The van der Waals surface area contributed by atoms with Gasteiger partial charge in [-0.15, -0.1) is 0 Å². The molecular weight excluding hydrogens is 244 g/mol. The first-order chi connectivity index (χ1) is 8.02. The molecular formula is C11H10O5S. The molecule has 90 valence electrons. The molecule has 0 aliphatic heterocycles. The summed E-state index contributed by atoms with van der Waals surface area (Å²) in [7, 11) is 1.45. The van der Waals surface area contributed by atoms with Crippen molar-refractivity contribution >= 4 is 27.6 Å². The zero-order valence-electron chi connectivity index (χ0n) is 9.22. The van der Waals surface area contributed by atoms with E-state index in [2.05, 4.69) is 0 Å². The molecule has 6 heteroatoms. The number of carboxylic acids is 1. The van der Waals surface area contributed by atoms with Crippen LogP contribution in [0.25, 0.3) is 10.3 Å². The fourth-order valence-electron chi connectivity index (χ4n) is 1.51. The molecule has 1 aromatic heterocycles. The zero-order chi connectivity index (χ0) is 12.6. The van der Waals surface area contributed by atoms with Crippen molar-refractivity contribution in [2.75, 3.05) is 7.11 Å². The largest absolute Gasteiger partial charge is 0.493 e. The molecule has 0 radical (unpaired) electrons. The topological polar surface area (TPSA) is 76.7 Å². The fourth-order valence-corrected chi connectivity index (χ4v) is 2.25. The summed E-state index contributed by atoms with van der Waals surface area (Å²) in [5, 5.41) is 8.95. The first kappa shape index (κ1) is 11.7. The monoisotopic (exact) mass is 254 g/mol. The van der Waals surface area contributed by atoms with Crippen molar-refractivity contribution < 1.29 is 19.1 Å².